The number of rotatable bonds is 2. The number of hydrogen-bond acceptors (Lipinski definition) is 3. The minimum Gasteiger partial charge on any atom is -0.378 e. The second kappa shape index (κ2) is 5.06. The molecule has 2 aromatic rings. The van der Waals surface area contributed by atoms with Gasteiger partial charge in [-0.15, -0.1) is 0 Å². The number of aromatic nitrogens is 2. The van der Waals surface area contributed by atoms with Gasteiger partial charge in [-0.1, -0.05) is 11.6 Å². The molecular weight excluding hydrogens is 260 g/mol. The molecule has 0 amide bonds. The molecule has 0 bridgehead atoms. The summed E-state index contributed by atoms with van der Waals surface area (Å²) >= 11 is 5.99. The molecular formula is C15H17ClN2O. The van der Waals surface area contributed by atoms with Crippen LogP contribution in [0, 0.1) is 6.92 Å². The molecule has 3 nitrogen and oxygen atoms in total. The van der Waals surface area contributed by atoms with E-state index < -0.39 is 0 Å². The first-order valence-corrected chi connectivity index (χ1v) is 7.12. The van der Waals surface area contributed by atoms with Gasteiger partial charge in [-0.25, -0.2) is 4.98 Å². The van der Waals surface area contributed by atoms with E-state index in [1.165, 1.54) is 16.8 Å². The zero-order valence-electron chi connectivity index (χ0n) is 11.2. The van der Waals surface area contributed by atoms with Crippen molar-refractivity contribution < 1.29 is 4.74 Å². The summed E-state index contributed by atoms with van der Waals surface area (Å²) in [6.45, 7) is 4.97. The van der Waals surface area contributed by atoms with E-state index in [1.54, 1.807) is 6.20 Å². The van der Waals surface area contributed by atoms with E-state index in [9.17, 15) is 0 Å². The molecule has 0 radical (unpaired) electrons. The lowest BCUT2D eigenvalue weighted by Crippen LogP contribution is -2.24. The maximum atomic E-state index is 5.99. The molecule has 0 fully saturated rings. The van der Waals surface area contributed by atoms with Crippen molar-refractivity contribution in [1.29, 1.82) is 0 Å². The number of hydrogen-bond donors (Lipinski definition) is 0. The monoisotopic (exact) mass is 276 g/mol. The summed E-state index contributed by atoms with van der Waals surface area (Å²) in [5.74, 6) is 0. The van der Waals surface area contributed by atoms with Gasteiger partial charge in [-0.05, 0) is 43.9 Å². The molecule has 1 aliphatic rings. The predicted molar refractivity (Wildman–Crippen MR) is 76.7 cm³/mol. The molecule has 100 valence electrons. The van der Waals surface area contributed by atoms with Crippen molar-refractivity contribution >= 4 is 22.5 Å². The summed E-state index contributed by atoms with van der Waals surface area (Å²) in [5, 5.41) is 1.63. The topological polar surface area (TPSA) is 35.0 Å². The van der Waals surface area contributed by atoms with Gasteiger partial charge >= 0.3 is 0 Å². The lowest BCUT2D eigenvalue weighted by molar-refractivity contribution is 0.0529. The smallest absolute Gasteiger partial charge is 0.129 e. The Bertz CT molecular complexity index is 627. The molecule has 2 aromatic heterocycles. The van der Waals surface area contributed by atoms with Gasteiger partial charge in [0, 0.05) is 24.1 Å². The predicted octanol–water partition coefficient (Wildman–Crippen LogP) is 3.49. The van der Waals surface area contributed by atoms with Gasteiger partial charge in [0.05, 0.1) is 17.8 Å². The van der Waals surface area contributed by atoms with E-state index in [1.807, 2.05) is 13.0 Å². The van der Waals surface area contributed by atoms with Crippen LogP contribution in [0.4, 0.5) is 0 Å². The van der Waals surface area contributed by atoms with Crippen molar-refractivity contribution in [2.24, 2.45) is 0 Å². The van der Waals surface area contributed by atoms with Gasteiger partial charge in [-0.3, -0.25) is 4.98 Å². The van der Waals surface area contributed by atoms with Crippen LogP contribution in [0.15, 0.2) is 12.3 Å². The Hall–Kier alpha value is -1.19. The SMILES string of the molecule is CCOC1CCc2nc3cnc(Cl)cc3c(C)c2C1. The van der Waals surface area contributed by atoms with E-state index >= 15 is 0 Å². The first kappa shape index (κ1) is 12.8. The Morgan fingerprint density at radius 3 is 3.11 bits per heavy atom. The average Bonchev–Trinajstić information content (AvgIpc) is 2.41. The number of halogens is 1. The largest absolute Gasteiger partial charge is 0.378 e. The molecule has 1 aliphatic carbocycles. The molecule has 0 saturated carbocycles. The molecule has 1 unspecified atom stereocenters. The van der Waals surface area contributed by atoms with Crippen LogP contribution in [0.1, 0.15) is 30.2 Å². The first-order chi connectivity index (χ1) is 9.19. The summed E-state index contributed by atoms with van der Waals surface area (Å²) in [5.41, 5.74) is 4.74. The number of aryl methyl sites for hydroxylation is 2. The molecule has 19 heavy (non-hydrogen) atoms. The Morgan fingerprint density at radius 1 is 1.47 bits per heavy atom. The Labute approximate surface area is 118 Å². The molecule has 0 aliphatic heterocycles. The number of nitrogens with zero attached hydrogens (tertiary/aromatic N) is 2. The normalized spacial score (nSPS) is 18.6. The fourth-order valence-corrected chi connectivity index (χ4v) is 3.04. The quantitative estimate of drug-likeness (QED) is 0.788. The summed E-state index contributed by atoms with van der Waals surface area (Å²) in [6.07, 6.45) is 5.09. The minimum absolute atomic E-state index is 0.327. The van der Waals surface area contributed by atoms with Crippen molar-refractivity contribution in [3.63, 3.8) is 0 Å². The molecule has 0 aromatic carbocycles. The van der Waals surface area contributed by atoms with Crippen LogP contribution < -0.4 is 0 Å². The van der Waals surface area contributed by atoms with E-state index in [0.29, 0.717) is 11.3 Å². The van der Waals surface area contributed by atoms with Crippen molar-refractivity contribution in [2.45, 2.75) is 39.2 Å². The third kappa shape index (κ3) is 2.33. The van der Waals surface area contributed by atoms with Crippen LogP contribution >= 0.6 is 11.6 Å². The fraction of sp³-hybridized carbons (Fsp3) is 0.467. The third-order valence-electron chi connectivity index (χ3n) is 3.85. The Morgan fingerprint density at radius 2 is 2.32 bits per heavy atom. The maximum Gasteiger partial charge on any atom is 0.129 e. The molecule has 4 heteroatoms. The van der Waals surface area contributed by atoms with Crippen LogP contribution in [0.2, 0.25) is 5.15 Å². The van der Waals surface area contributed by atoms with Crippen molar-refractivity contribution in [1.82, 2.24) is 9.97 Å². The highest BCUT2D eigenvalue weighted by Crippen LogP contribution is 2.30. The lowest BCUT2D eigenvalue weighted by Gasteiger charge is -2.26. The Kier molecular flexibility index (Phi) is 3.42. The second-order valence-corrected chi connectivity index (χ2v) is 5.39. The third-order valence-corrected chi connectivity index (χ3v) is 4.05. The molecule has 1 atom stereocenters. The van der Waals surface area contributed by atoms with Crippen molar-refractivity contribution in [2.75, 3.05) is 6.61 Å². The van der Waals surface area contributed by atoms with Crippen molar-refractivity contribution in [3.05, 3.63) is 34.2 Å². The highest BCUT2D eigenvalue weighted by molar-refractivity contribution is 6.30. The Balaban J connectivity index is 2.10. The highest BCUT2D eigenvalue weighted by Gasteiger charge is 2.22. The zero-order valence-corrected chi connectivity index (χ0v) is 12.0. The van der Waals surface area contributed by atoms with E-state index in [0.717, 1.165) is 36.8 Å². The summed E-state index contributed by atoms with van der Waals surface area (Å²) in [7, 11) is 0. The van der Waals surface area contributed by atoms with Crippen LogP contribution in [-0.2, 0) is 17.6 Å². The molecule has 3 rings (SSSR count). The molecule has 0 spiro atoms. The van der Waals surface area contributed by atoms with Gasteiger partial charge in [0.2, 0.25) is 0 Å². The maximum absolute atomic E-state index is 5.99. The summed E-state index contributed by atoms with van der Waals surface area (Å²) < 4.78 is 5.76. The number of ether oxygens (including phenoxy) is 1. The van der Waals surface area contributed by atoms with Crippen LogP contribution in [0.5, 0.6) is 0 Å². The van der Waals surface area contributed by atoms with Crippen LogP contribution in [-0.4, -0.2) is 22.7 Å². The number of pyridine rings is 2. The van der Waals surface area contributed by atoms with Gasteiger partial charge in [0.15, 0.2) is 0 Å². The molecule has 0 N–H and O–H groups in total. The van der Waals surface area contributed by atoms with Gasteiger partial charge < -0.3 is 4.74 Å². The lowest BCUT2D eigenvalue weighted by atomic mass is 9.89. The fourth-order valence-electron chi connectivity index (χ4n) is 2.89. The van der Waals surface area contributed by atoms with Crippen LogP contribution in [0.3, 0.4) is 0 Å². The van der Waals surface area contributed by atoms with E-state index in [2.05, 4.69) is 11.9 Å². The van der Waals surface area contributed by atoms with E-state index in [-0.39, 0.29) is 0 Å². The minimum atomic E-state index is 0.327. The highest BCUT2D eigenvalue weighted by atomic mass is 35.5. The summed E-state index contributed by atoms with van der Waals surface area (Å²) in [4.78, 5) is 8.86. The van der Waals surface area contributed by atoms with Gasteiger partial charge in [0.1, 0.15) is 5.15 Å². The zero-order chi connectivity index (χ0) is 13.4. The van der Waals surface area contributed by atoms with Crippen LogP contribution in [0.25, 0.3) is 10.9 Å². The van der Waals surface area contributed by atoms with Gasteiger partial charge in [0.25, 0.3) is 0 Å². The first-order valence-electron chi connectivity index (χ1n) is 6.74. The molecule has 0 saturated heterocycles. The average molecular weight is 277 g/mol. The molecule has 2 heterocycles. The van der Waals surface area contributed by atoms with E-state index in [4.69, 9.17) is 21.3 Å². The second-order valence-electron chi connectivity index (χ2n) is 5.01. The number of fused-ring (bicyclic) bond motifs is 2. The standard InChI is InChI=1S/C15H17ClN2O/c1-3-19-10-4-5-13-11(6-10)9(2)12-7-15(16)17-8-14(12)18-13/h7-8,10H,3-6H2,1-2H3. The van der Waals surface area contributed by atoms with Crippen molar-refractivity contribution in [3.8, 4) is 0 Å². The van der Waals surface area contributed by atoms with Gasteiger partial charge in [-0.2, -0.15) is 0 Å². The summed E-state index contributed by atoms with van der Waals surface area (Å²) in [6, 6.07) is 1.91.